The molecule has 0 aliphatic heterocycles. The fraction of sp³-hybridized carbons (Fsp3) is 0.462. The second kappa shape index (κ2) is 14.0. The molecular weight excluding hydrogens is 544 g/mol. The molecular formula is C26H36N4O7S2. The summed E-state index contributed by atoms with van der Waals surface area (Å²) < 4.78 is 49.6. The molecule has 13 heteroatoms. The van der Waals surface area contributed by atoms with Gasteiger partial charge in [-0.15, -0.1) is 0 Å². The number of methoxy groups -OCH3 is 4. The highest BCUT2D eigenvalue weighted by Crippen LogP contribution is 2.37. The van der Waals surface area contributed by atoms with Crippen LogP contribution in [0.15, 0.2) is 41.3 Å². The summed E-state index contributed by atoms with van der Waals surface area (Å²) in [5.41, 5.74) is 1.03. The van der Waals surface area contributed by atoms with E-state index in [1.54, 1.807) is 25.2 Å². The maximum absolute atomic E-state index is 13.7. The number of carbonyl (C=O) groups excluding carboxylic acids is 1. The van der Waals surface area contributed by atoms with Gasteiger partial charge in [0.05, 0.1) is 42.5 Å². The molecule has 0 radical (unpaired) electrons. The Morgan fingerprint density at radius 2 is 1.46 bits per heavy atom. The third-order valence-corrected chi connectivity index (χ3v) is 8.91. The molecule has 0 atom stereocenters. The maximum Gasteiger partial charge on any atom is 0.260 e. The molecule has 0 saturated heterocycles. The minimum Gasteiger partial charge on any atom is -0.493 e. The second-order valence-electron chi connectivity index (χ2n) is 8.85. The number of anilines is 1. The van der Waals surface area contributed by atoms with E-state index in [0.717, 1.165) is 4.70 Å². The minimum absolute atomic E-state index is 0.0882. The van der Waals surface area contributed by atoms with Crippen LogP contribution in [-0.4, -0.2) is 110 Å². The highest BCUT2D eigenvalue weighted by atomic mass is 32.2. The molecule has 3 rings (SSSR count). The number of carbonyl (C=O) groups is 1. The van der Waals surface area contributed by atoms with Gasteiger partial charge in [-0.2, -0.15) is 4.31 Å². The van der Waals surface area contributed by atoms with Crippen LogP contribution in [0.1, 0.15) is 10.4 Å². The molecule has 1 amide bonds. The van der Waals surface area contributed by atoms with Crippen LogP contribution in [0.2, 0.25) is 0 Å². The van der Waals surface area contributed by atoms with E-state index in [4.69, 9.17) is 23.9 Å². The standard InChI is InChI=1S/C26H36N4O7S2/c1-28(2)11-12-30(26-27-21-17-22(36-5)23(37-6)18-24(21)38-26)25(31)19-7-9-20(10-8-19)39(32,33)29(13-15-34-3)14-16-35-4/h7-10,17-18H,11-16H2,1-6H3. The van der Waals surface area contributed by atoms with Gasteiger partial charge in [0.2, 0.25) is 10.0 Å². The highest BCUT2D eigenvalue weighted by Gasteiger charge is 2.26. The molecule has 11 nitrogen and oxygen atoms in total. The lowest BCUT2D eigenvalue weighted by Crippen LogP contribution is -2.37. The van der Waals surface area contributed by atoms with Crippen molar-refractivity contribution in [3.63, 3.8) is 0 Å². The van der Waals surface area contributed by atoms with Gasteiger partial charge in [-0.25, -0.2) is 13.4 Å². The predicted molar refractivity (Wildman–Crippen MR) is 152 cm³/mol. The Labute approximate surface area is 233 Å². The van der Waals surface area contributed by atoms with Crippen LogP contribution in [0, 0.1) is 0 Å². The van der Waals surface area contributed by atoms with Crippen LogP contribution < -0.4 is 14.4 Å². The maximum atomic E-state index is 13.7. The number of amides is 1. The second-order valence-corrected chi connectivity index (χ2v) is 11.8. The Balaban J connectivity index is 1.93. The van der Waals surface area contributed by atoms with Crippen LogP contribution in [0.3, 0.4) is 0 Å². The lowest BCUT2D eigenvalue weighted by Gasteiger charge is -2.23. The summed E-state index contributed by atoms with van der Waals surface area (Å²) in [6, 6.07) is 9.58. The number of benzene rings is 2. The molecule has 1 aromatic heterocycles. The highest BCUT2D eigenvalue weighted by molar-refractivity contribution is 7.89. The number of rotatable bonds is 15. The van der Waals surface area contributed by atoms with Gasteiger partial charge in [-0.3, -0.25) is 9.69 Å². The smallest absolute Gasteiger partial charge is 0.260 e. The quantitative estimate of drug-likeness (QED) is 0.268. The number of fused-ring (bicyclic) bond motifs is 1. The topological polar surface area (TPSA) is 111 Å². The van der Waals surface area contributed by atoms with Gasteiger partial charge in [0.15, 0.2) is 16.6 Å². The molecule has 3 aromatic rings. The molecule has 0 bridgehead atoms. The number of likely N-dealkylation sites (N-methyl/N-ethyl adjacent to an activating group) is 1. The summed E-state index contributed by atoms with van der Waals surface area (Å²) in [5.74, 6) is 0.845. The van der Waals surface area contributed by atoms with E-state index < -0.39 is 10.0 Å². The molecule has 0 unspecified atom stereocenters. The van der Waals surface area contributed by atoms with Crippen molar-refractivity contribution in [2.24, 2.45) is 0 Å². The lowest BCUT2D eigenvalue weighted by molar-refractivity contribution is 0.0985. The lowest BCUT2D eigenvalue weighted by atomic mass is 10.2. The Morgan fingerprint density at radius 1 is 0.872 bits per heavy atom. The number of thiazole rings is 1. The molecule has 0 N–H and O–H groups in total. The van der Waals surface area contributed by atoms with Gasteiger partial charge in [0, 0.05) is 58.1 Å². The minimum atomic E-state index is -3.80. The van der Waals surface area contributed by atoms with E-state index >= 15 is 0 Å². The van der Waals surface area contributed by atoms with E-state index in [2.05, 4.69) is 0 Å². The number of sulfonamides is 1. The van der Waals surface area contributed by atoms with Gasteiger partial charge in [-0.1, -0.05) is 11.3 Å². The Hall–Kier alpha value is -2.81. The summed E-state index contributed by atoms with van der Waals surface area (Å²) in [7, 11) is 6.20. The number of hydrogen-bond donors (Lipinski definition) is 0. The van der Waals surface area contributed by atoms with Crippen molar-refractivity contribution in [1.82, 2.24) is 14.2 Å². The van der Waals surface area contributed by atoms with Crippen molar-refractivity contribution >= 4 is 42.6 Å². The fourth-order valence-electron chi connectivity index (χ4n) is 3.76. The molecule has 0 aliphatic rings. The van der Waals surface area contributed by atoms with Gasteiger partial charge < -0.3 is 23.8 Å². The monoisotopic (exact) mass is 580 g/mol. The van der Waals surface area contributed by atoms with Gasteiger partial charge in [0.25, 0.3) is 5.91 Å². The SMILES string of the molecule is COCCN(CCOC)S(=O)(=O)c1ccc(C(=O)N(CCN(C)C)c2nc3cc(OC)c(OC)cc3s2)cc1. The van der Waals surface area contributed by atoms with Gasteiger partial charge in [0.1, 0.15) is 0 Å². The van der Waals surface area contributed by atoms with Gasteiger partial charge in [-0.05, 0) is 38.4 Å². The molecule has 0 spiro atoms. The zero-order chi connectivity index (χ0) is 28.6. The molecule has 0 fully saturated rings. The number of aromatic nitrogens is 1. The van der Waals surface area contributed by atoms with Crippen LogP contribution in [0.4, 0.5) is 5.13 Å². The Bertz CT molecular complexity index is 1300. The zero-order valence-corrected chi connectivity index (χ0v) is 24.8. The molecule has 39 heavy (non-hydrogen) atoms. The Kier molecular flexibility index (Phi) is 11.0. The Morgan fingerprint density at radius 3 is 2.00 bits per heavy atom. The van der Waals surface area contributed by atoms with Crippen LogP contribution in [-0.2, 0) is 19.5 Å². The molecule has 214 valence electrons. The van der Waals surface area contributed by atoms with E-state index in [1.165, 1.54) is 54.1 Å². The third-order valence-electron chi connectivity index (χ3n) is 5.96. The summed E-state index contributed by atoms with van der Waals surface area (Å²) >= 11 is 1.37. The first-order chi connectivity index (χ1) is 18.7. The van der Waals surface area contributed by atoms with E-state index in [0.29, 0.717) is 40.8 Å². The first kappa shape index (κ1) is 30.7. The average Bonchev–Trinajstić information content (AvgIpc) is 3.34. The number of hydrogen-bond acceptors (Lipinski definition) is 10. The molecule has 1 heterocycles. The summed E-state index contributed by atoms with van der Waals surface area (Å²) in [4.78, 5) is 22.1. The molecule has 0 aliphatic carbocycles. The zero-order valence-electron chi connectivity index (χ0n) is 23.2. The summed E-state index contributed by atoms with van der Waals surface area (Å²) in [6.07, 6.45) is 0. The van der Waals surface area contributed by atoms with Crippen molar-refractivity contribution in [3.8, 4) is 11.5 Å². The largest absolute Gasteiger partial charge is 0.493 e. The summed E-state index contributed by atoms with van der Waals surface area (Å²) in [6.45, 7) is 1.87. The van der Waals surface area contributed by atoms with Crippen molar-refractivity contribution in [1.29, 1.82) is 0 Å². The summed E-state index contributed by atoms with van der Waals surface area (Å²) in [5, 5.41) is 0.522. The third kappa shape index (κ3) is 7.44. The first-order valence-corrected chi connectivity index (χ1v) is 14.5. The predicted octanol–water partition coefficient (Wildman–Crippen LogP) is 2.81. The number of ether oxygens (including phenoxy) is 4. The van der Waals surface area contributed by atoms with Crippen molar-refractivity contribution in [2.45, 2.75) is 4.90 Å². The fourth-order valence-corrected chi connectivity index (χ4v) is 6.16. The van der Waals surface area contributed by atoms with Crippen LogP contribution in [0.5, 0.6) is 11.5 Å². The van der Waals surface area contributed by atoms with E-state index in [9.17, 15) is 13.2 Å². The molecule has 2 aromatic carbocycles. The van der Waals surface area contributed by atoms with E-state index in [1.807, 2.05) is 25.1 Å². The van der Waals surface area contributed by atoms with Crippen LogP contribution in [0.25, 0.3) is 10.2 Å². The van der Waals surface area contributed by atoms with E-state index in [-0.39, 0.29) is 37.1 Å². The van der Waals surface area contributed by atoms with Crippen molar-refractivity contribution in [3.05, 3.63) is 42.0 Å². The van der Waals surface area contributed by atoms with Crippen molar-refractivity contribution in [2.75, 3.05) is 86.8 Å². The number of nitrogens with zero attached hydrogens (tertiary/aromatic N) is 4. The first-order valence-electron chi connectivity index (χ1n) is 12.2. The average molecular weight is 581 g/mol. The molecule has 0 saturated carbocycles. The van der Waals surface area contributed by atoms with Crippen LogP contribution >= 0.6 is 11.3 Å². The van der Waals surface area contributed by atoms with Crippen molar-refractivity contribution < 1.29 is 32.2 Å². The normalized spacial score (nSPS) is 11.9. The van der Waals surface area contributed by atoms with Gasteiger partial charge >= 0.3 is 0 Å².